The third-order valence-corrected chi connectivity index (χ3v) is 5.05. The van der Waals surface area contributed by atoms with Crippen molar-refractivity contribution < 1.29 is 14.0 Å². The largest absolute Gasteiger partial charge is 0.463 e. The van der Waals surface area contributed by atoms with Gasteiger partial charge in [-0.1, -0.05) is 70.4 Å². The molecule has 2 aromatic rings. The molecule has 0 atom stereocenters. The van der Waals surface area contributed by atoms with Gasteiger partial charge < -0.3 is 9.73 Å². The van der Waals surface area contributed by atoms with Crippen LogP contribution in [0.2, 0.25) is 0 Å². The molecule has 0 unspecified atom stereocenters. The average molecular weight is 428 g/mol. The summed E-state index contributed by atoms with van der Waals surface area (Å²) in [6.45, 7) is 2.06. The lowest BCUT2D eigenvalue weighted by Crippen LogP contribution is -2.34. The fraction of sp³-hybridized carbons (Fsp3) is 0.500. The van der Waals surface area contributed by atoms with Crippen LogP contribution in [0, 0.1) is 0 Å². The Morgan fingerprint density at radius 2 is 1.65 bits per heavy atom. The average Bonchev–Trinajstić information content (AvgIpc) is 2.78. The summed E-state index contributed by atoms with van der Waals surface area (Å²) in [6.07, 6.45) is 13.7. The molecule has 0 spiro atoms. The van der Waals surface area contributed by atoms with Gasteiger partial charge in [-0.2, -0.15) is 5.10 Å². The van der Waals surface area contributed by atoms with Crippen molar-refractivity contribution in [3.05, 3.63) is 46.3 Å². The monoisotopic (exact) mass is 427 g/mol. The topological polar surface area (TPSA) is 101 Å². The standard InChI is InChI=1S/C24H33N3O4/c1-2-3-4-5-6-7-8-9-10-15-22(28)25-17-23(29)27-26-16-19-18-31-21-14-12-11-13-20(21)24(19)30/h11-14,16,18H,2-10,15,17H2,1H3,(H,25,28)(H,27,29)/b26-16-. The molecule has 0 radical (unpaired) electrons. The van der Waals surface area contributed by atoms with E-state index in [-0.39, 0.29) is 23.4 Å². The van der Waals surface area contributed by atoms with Gasteiger partial charge in [-0.15, -0.1) is 0 Å². The maximum absolute atomic E-state index is 12.3. The van der Waals surface area contributed by atoms with E-state index < -0.39 is 5.91 Å². The number of hydrogen-bond donors (Lipinski definition) is 2. The van der Waals surface area contributed by atoms with E-state index in [9.17, 15) is 14.4 Å². The van der Waals surface area contributed by atoms with Crippen molar-refractivity contribution in [1.82, 2.24) is 10.7 Å². The molecule has 0 saturated carbocycles. The second kappa shape index (κ2) is 14.1. The van der Waals surface area contributed by atoms with E-state index in [0.29, 0.717) is 17.4 Å². The summed E-state index contributed by atoms with van der Waals surface area (Å²) >= 11 is 0. The van der Waals surface area contributed by atoms with Crippen molar-refractivity contribution in [2.24, 2.45) is 5.10 Å². The molecule has 0 bridgehead atoms. The summed E-state index contributed by atoms with van der Waals surface area (Å²) in [5, 5.41) is 6.81. The summed E-state index contributed by atoms with van der Waals surface area (Å²) in [6, 6.07) is 6.90. The third-order valence-electron chi connectivity index (χ3n) is 5.05. The Balaban J connectivity index is 1.59. The Bertz CT molecular complexity index is 920. The first-order chi connectivity index (χ1) is 15.1. The molecule has 1 heterocycles. The molecule has 0 saturated heterocycles. The van der Waals surface area contributed by atoms with Crippen LogP contribution in [0.5, 0.6) is 0 Å². The van der Waals surface area contributed by atoms with E-state index >= 15 is 0 Å². The molecule has 2 rings (SSSR count). The number of hydrogen-bond acceptors (Lipinski definition) is 5. The molecule has 7 heteroatoms. The van der Waals surface area contributed by atoms with Crippen LogP contribution < -0.4 is 16.2 Å². The van der Waals surface area contributed by atoms with Gasteiger partial charge in [0.2, 0.25) is 11.3 Å². The number of hydrazone groups is 1. The molecule has 0 aliphatic carbocycles. The summed E-state index contributed by atoms with van der Waals surface area (Å²) in [5.74, 6) is -0.598. The number of rotatable bonds is 14. The zero-order valence-electron chi connectivity index (χ0n) is 18.3. The molecule has 168 valence electrons. The zero-order valence-corrected chi connectivity index (χ0v) is 18.3. The summed E-state index contributed by atoms with van der Waals surface area (Å²) in [4.78, 5) is 36.0. The molecular weight excluding hydrogens is 394 g/mol. The van der Waals surface area contributed by atoms with Gasteiger partial charge in [-0.3, -0.25) is 14.4 Å². The summed E-state index contributed by atoms with van der Waals surface area (Å²) in [7, 11) is 0. The van der Waals surface area contributed by atoms with Crippen LogP contribution in [0.1, 0.15) is 76.7 Å². The van der Waals surface area contributed by atoms with Crippen LogP contribution in [-0.2, 0) is 9.59 Å². The number of amides is 2. The Kier molecular flexibility index (Phi) is 11.1. The van der Waals surface area contributed by atoms with Gasteiger partial charge >= 0.3 is 0 Å². The first-order valence-corrected chi connectivity index (χ1v) is 11.2. The van der Waals surface area contributed by atoms with Crippen molar-refractivity contribution in [3.63, 3.8) is 0 Å². The normalized spacial score (nSPS) is 11.1. The van der Waals surface area contributed by atoms with Crippen molar-refractivity contribution in [3.8, 4) is 0 Å². The van der Waals surface area contributed by atoms with Gasteiger partial charge in [0.1, 0.15) is 11.8 Å². The number of para-hydroxylation sites is 1. The van der Waals surface area contributed by atoms with E-state index in [2.05, 4.69) is 22.8 Å². The maximum atomic E-state index is 12.3. The van der Waals surface area contributed by atoms with Crippen LogP contribution in [0.3, 0.4) is 0 Å². The molecule has 31 heavy (non-hydrogen) atoms. The van der Waals surface area contributed by atoms with E-state index in [1.807, 2.05) is 0 Å². The van der Waals surface area contributed by atoms with Gasteiger partial charge in [0.05, 0.1) is 23.7 Å². The Morgan fingerprint density at radius 1 is 0.968 bits per heavy atom. The van der Waals surface area contributed by atoms with Crippen molar-refractivity contribution in [2.45, 2.75) is 71.1 Å². The number of carbonyl (C=O) groups excluding carboxylic acids is 2. The number of fused-ring (bicyclic) bond motifs is 1. The minimum absolute atomic E-state index is 0.141. The van der Waals surface area contributed by atoms with Crippen LogP contribution in [0.15, 0.2) is 44.8 Å². The van der Waals surface area contributed by atoms with Crippen molar-refractivity contribution in [2.75, 3.05) is 6.54 Å². The van der Waals surface area contributed by atoms with E-state index in [4.69, 9.17) is 4.42 Å². The zero-order chi connectivity index (χ0) is 22.3. The molecule has 0 fully saturated rings. The molecule has 7 nitrogen and oxygen atoms in total. The fourth-order valence-corrected chi connectivity index (χ4v) is 3.26. The maximum Gasteiger partial charge on any atom is 0.259 e. The fourth-order valence-electron chi connectivity index (χ4n) is 3.26. The predicted octanol–water partition coefficient (Wildman–Crippen LogP) is 4.28. The van der Waals surface area contributed by atoms with E-state index in [1.165, 1.54) is 51.0 Å². The van der Waals surface area contributed by atoms with Crippen LogP contribution in [-0.4, -0.2) is 24.6 Å². The molecule has 0 aliphatic rings. The highest BCUT2D eigenvalue weighted by Crippen LogP contribution is 2.11. The van der Waals surface area contributed by atoms with Gasteiger partial charge in [0, 0.05) is 6.42 Å². The van der Waals surface area contributed by atoms with Gasteiger partial charge in [0.25, 0.3) is 5.91 Å². The van der Waals surface area contributed by atoms with Gasteiger partial charge in [-0.05, 0) is 18.6 Å². The number of unbranched alkanes of at least 4 members (excludes halogenated alkanes) is 8. The lowest BCUT2D eigenvalue weighted by Gasteiger charge is -2.05. The SMILES string of the molecule is CCCCCCCCCCCC(=O)NCC(=O)N/N=C\c1coc2ccccc2c1=O. The molecule has 1 aromatic heterocycles. The third kappa shape index (κ3) is 9.15. The van der Waals surface area contributed by atoms with Crippen molar-refractivity contribution in [1.29, 1.82) is 0 Å². The Morgan fingerprint density at radius 3 is 2.39 bits per heavy atom. The van der Waals surface area contributed by atoms with E-state index in [1.54, 1.807) is 24.3 Å². The number of nitrogens with zero attached hydrogens (tertiary/aromatic N) is 1. The van der Waals surface area contributed by atoms with Crippen molar-refractivity contribution >= 4 is 29.0 Å². The van der Waals surface area contributed by atoms with E-state index in [0.717, 1.165) is 19.3 Å². The second-order valence-corrected chi connectivity index (χ2v) is 7.66. The second-order valence-electron chi connectivity index (χ2n) is 7.66. The predicted molar refractivity (Wildman–Crippen MR) is 123 cm³/mol. The molecule has 1 aromatic carbocycles. The molecular formula is C24H33N3O4. The molecule has 0 aliphatic heterocycles. The minimum atomic E-state index is -0.457. The Labute approximate surface area is 183 Å². The van der Waals surface area contributed by atoms with Crippen LogP contribution >= 0.6 is 0 Å². The van der Waals surface area contributed by atoms with Gasteiger partial charge in [0.15, 0.2) is 0 Å². The lowest BCUT2D eigenvalue weighted by molar-refractivity contribution is -0.126. The first-order valence-electron chi connectivity index (χ1n) is 11.2. The van der Waals surface area contributed by atoms with Crippen LogP contribution in [0.25, 0.3) is 11.0 Å². The Hall–Kier alpha value is -2.96. The number of benzene rings is 1. The highest BCUT2D eigenvalue weighted by Gasteiger charge is 2.06. The first kappa shape index (κ1) is 24.3. The summed E-state index contributed by atoms with van der Waals surface area (Å²) < 4.78 is 5.38. The summed E-state index contributed by atoms with van der Waals surface area (Å²) in [5.41, 5.74) is 2.79. The molecule has 2 amide bonds. The molecule has 2 N–H and O–H groups in total. The highest BCUT2D eigenvalue weighted by atomic mass is 16.3. The number of nitrogens with one attached hydrogen (secondary N) is 2. The number of carbonyl (C=O) groups is 2. The smallest absolute Gasteiger partial charge is 0.259 e. The van der Waals surface area contributed by atoms with Gasteiger partial charge in [-0.25, -0.2) is 5.43 Å². The lowest BCUT2D eigenvalue weighted by atomic mass is 10.1. The minimum Gasteiger partial charge on any atom is -0.463 e. The highest BCUT2D eigenvalue weighted by molar-refractivity contribution is 5.88. The van der Waals surface area contributed by atoms with Crippen LogP contribution in [0.4, 0.5) is 0 Å². The quantitative estimate of drug-likeness (QED) is 0.267.